The van der Waals surface area contributed by atoms with Gasteiger partial charge in [-0.2, -0.15) is 0 Å². The summed E-state index contributed by atoms with van der Waals surface area (Å²) in [6.07, 6.45) is 1.94. The van der Waals surface area contributed by atoms with E-state index >= 15 is 0 Å². The van der Waals surface area contributed by atoms with E-state index in [0.717, 1.165) is 12.8 Å². The first-order valence-electron chi connectivity index (χ1n) is 7.28. The summed E-state index contributed by atoms with van der Waals surface area (Å²) < 4.78 is 7.47. The highest BCUT2D eigenvalue weighted by Gasteiger charge is 2.20. The molecule has 22 heavy (non-hydrogen) atoms. The first kappa shape index (κ1) is 17.1. The molecule has 0 saturated carbocycles. The predicted molar refractivity (Wildman–Crippen MR) is 92.2 cm³/mol. The maximum atomic E-state index is 12.5. The Morgan fingerprint density at radius 3 is 2.41 bits per heavy atom. The zero-order valence-corrected chi connectivity index (χ0v) is 14.5. The van der Waals surface area contributed by atoms with Crippen molar-refractivity contribution in [2.75, 3.05) is 6.61 Å². The lowest BCUT2D eigenvalue weighted by molar-refractivity contribution is 0.304. The number of aromatic nitrogens is 1. The highest BCUT2D eigenvalue weighted by molar-refractivity contribution is 6.42. The summed E-state index contributed by atoms with van der Waals surface area (Å²) in [4.78, 5) is 12.5. The van der Waals surface area contributed by atoms with Gasteiger partial charge in [-0.15, -0.1) is 0 Å². The Bertz CT molecular complexity index is 754. The lowest BCUT2D eigenvalue weighted by atomic mass is 10.1. The van der Waals surface area contributed by atoms with Gasteiger partial charge in [0.05, 0.1) is 27.7 Å². The van der Waals surface area contributed by atoms with Crippen molar-refractivity contribution in [2.24, 2.45) is 12.8 Å². The number of pyridine rings is 1. The second-order valence-electron chi connectivity index (χ2n) is 5.38. The minimum atomic E-state index is -0.340. The second kappa shape index (κ2) is 6.90. The van der Waals surface area contributed by atoms with Crippen LogP contribution < -0.4 is 16.0 Å². The Kier molecular flexibility index (Phi) is 5.37. The highest BCUT2D eigenvalue weighted by Crippen LogP contribution is 2.35. The number of halogens is 2. The first-order valence-corrected chi connectivity index (χ1v) is 8.04. The van der Waals surface area contributed by atoms with E-state index in [0.29, 0.717) is 38.9 Å². The quantitative estimate of drug-likeness (QED) is 0.834. The molecule has 1 aromatic heterocycles. The molecule has 120 valence electrons. The van der Waals surface area contributed by atoms with Gasteiger partial charge in [-0.25, -0.2) is 0 Å². The molecule has 4 nitrogen and oxygen atoms in total. The largest absolute Gasteiger partial charge is 0.491 e. The number of nitrogens with two attached hydrogens (primary N) is 1. The van der Waals surface area contributed by atoms with E-state index in [9.17, 15) is 4.79 Å². The fourth-order valence-electron chi connectivity index (χ4n) is 2.47. The molecule has 0 aliphatic heterocycles. The number of ether oxygens (including phenoxy) is 1. The van der Waals surface area contributed by atoms with Crippen molar-refractivity contribution in [3.05, 3.63) is 38.2 Å². The van der Waals surface area contributed by atoms with Crippen LogP contribution in [0.15, 0.2) is 16.9 Å². The standard InChI is InChI=1S/C16H20Cl2N2O2/c1-4-5-6-22-15-10-7-12(17)13(18)8-11(10)16(21)20(3)14(15)9(2)19/h7-9H,4-6,19H2,1-3H3. The van der Waals surface area contributed by atoms with Gasteiger partial charge in [0.2, 0.25) is 0 Å². The molecule has 0 saturated heterocycles. The molecule has 2 rings (SSSR count). The Morgan fingerprint density at radius 2 is 1.86 bits per heavy atom. The summed E-state index contributed by atoms with van der Waals surface area (Å²) >= 11 is 12.2. The second-order valence-corrected chi connectivity index (χ2v) is 6.20. The first-order chi connectivity index (χ1) is 10.4. The Labute approximate surface area is 139 Å². The van der Waals surface area contributed by atoms with Gasteiger partial charge in [-0.05, 0) is 25.5 Å². The zero-order chi connectivity index (χ0) is 16.4. The van der Waals surface area contributed by atoms with Crippen LogP contribution >= 0.6 is 23.2 Å². The van der Waals surface area contributed by atoms with Crippen molar-refractivity contribution in [3.8, 4) is 5.75 Å². The van der Waals surface area contributed by atoms with Crippen molar-refractivity contribution in [1.82, 2.24) is 4.57 Å². The Hall–Kier alpha value is -1.23. The van der Waals surface area contributed by atoms with Crippen molar-refractivity contribution in [1.29, 1.82) is 0 Å². The molecular weight excluding hydrogens is 323 g/mol. The van der Waals surface area contributed by atoms with Gasteiger partial charge in [-0.3, -0.25) is 4.79 Å². The number of unbranched alkanes of at least 4 members (excludes halogenated alkanes) is 1. The van der Waals surface area contributed by atoms with Gasteiger partial charge in [0.1, 0.15) is 5.75 Å². The number of hydrogen-bond donors (Lipinski definition) is 1. The van der Waals surface area contributed by atoms with Crippen molar-refractivity contribution in [2.45, 2.75) is 32.7 Å². The molecule has 0 spiro atoms. The SMILES string of the molecule is CCCCOc1c(C(C)N)n(C)c(=O)c2cc(Cl)c(Cl)cc12. The van der Waals surface area contributed by atoms with Gasteiger partial charge < -0.3 is 15.0 Å². The summed E-state index contributed by atoms with van der Waals surface area (Å²) in [5.41, 5.74) is 6.54. The van der Waals surface area contributed by atoms with Crippen LogP contribution in [0.4, 0.5) is 0 Å². The average molecular weight is 343 g/mol. The minimum absolute atomic E-state index is 0.163. The molecular formula is C16H20Cl2N2O2. The topological polar surface area (TPSA) is 57.2 Å². The third-order valence-electron chi connectivity index (χ3n) is 3.61. The summed E-state index contributed by atoms with van der Waals surface area (Å²) in [5, 5.41) is 1.87. The fraction of sp³-hybridized carbons (Fsp3) is 0.438. The lowest BCUT2D eigenvalue weighted by Crippen LogP contribution is -2.26. The van der Waals surface area contributed by atoms with Crippen LogP contribution in [0, 0.1) is 0 Å². The molecule has 0 aliphatic rings. The lowest BCUT2D eigenvalue weighted by Gasteiger charge is -2.20. The number of fused-ring (bicyclic) bond motifs is 1. The maximum absolute atomic E-state index is 12.5. The molecule has 1 heterocycles. The summed E-state index contributed by atoms with van der Waals surface area (Å²) in [5.74, 6) is 0.610. The molecule has 2 N–H and O–H groups in total. The Morgan fingerprint density at radius 1 is 1.27 bits per heavy atom. The number of benzene rings is 1. The summed E-state index contributed by atoms with van der Waals surface area (Å²) in [7, 11) is 1.69. The minimum Gasteiger partial charge on any atom is -0.491 e. The van der Waals surface area contributed by atoms with Crippen LogP contribution in [-0.2, 0) is 7.05 Å². The average Bonchev–Trinajstić information content (AvgIpc) is 2.46. The van der Waals surface area contributed by atoms with Gasteiger partial charge in [0.25, 0.3) is 5.56 Å². The molecule has 1 aromatic carbocycles. The summed E-state index contributed by atoms with van der Waals surface area (Å²) in [6, 6.07) is 2.92. The van der Waals surface area contributed by atoms with E-state index in [2.05, 4.69) is 6.92 Å². The molecule has 2 aromatic rings. The van der Waals surface area contributed by atoms with Crippen molar-refractivity contribution >= 4 is 34.0 Å². The Balaban J connectivity index is 2.80. The molecule has 0 fully saturated rings. The van der Waals surface area contributed by atoms with Crippen LogP contribution in [0.5, 0.6) is 5.75 Å². The third kappa shape index (κ3) is 3.09. The molecule has 1 atom stereocenters. The van der Waals surface area contributed by atoms with Crippen LogP contribution in [0.25, 0.3) is 10.8 Å². The fourth-order valence-corrected chi connectivity index (χ4v) is 2.80. The van der Waals surface area contributed by atoms with Gasteiger partial charge in [0, 0.05) is 18.5 Å². The molecule has 0 aliphatic carbocycles. The van der Waals surface area contributed by atoms with Gasteiger partial charge in [0.15, 0.2) is 0 Å². The third-order valence-corrected chi connectivity index (χ3v) is 4.33. The van der Waals surface area contributed by atoms with Crippen LogP contribution in [-0.4, -0.2) is 11.2 Å². The summed E-state index contributed by atoms with van der Waals surface area (Å²) in [6.45, 7) is 4.47. The normalized spacial score (nSPS) is 12.6. The maximum Gasteiger partial charge on any atom is 0.258 e. The molecule has 1 unspecified atom stereocenters. The van der Waals surface area contributed by atoms with E-state index < -0.39 is 0 Å². The predicted octanol–water partition coefficient (Wildman–Crippen LogP) is 4.04. The van der Waals surface area contributed by atoms with Crippen molar-refractivity contribution < 1.29 is 4.74 Å². The van der Waals surface area contributed by atoms with E-state index in [-0.39, 0.29) is 11.6 Å². The van der Waals surface area contributed by atoms with Crippen LogP contribution in [0.2, 0.25) is 10.0 Å². The van der Waals surface area contributed by atoms with Crippen molar-refractivity contribution in [3.63, 3.8) is 0 Å². The van der Waals surface area contributed by atoms with Gasteiger partial charge in [-0.1, -0.05) is 36.5 Å². The highest BCUT2D eigenvalue weighted by atomic mass is 35.5. The monoisotopic (exact) mass is 342 g/mol. The van der Waals surface area contributed by atoms with E-state index in [4.69, 9.17) is 33.7 Å². The number of hydrogen-bond acceptors (Lipinski definition) is 3. The van der Waals surface area contributed by atoms with Crippen LogP contribution in [0.1, 0.15) is 38.4 Å². The number of nitrogens with zero attached hydrogens (tertiary/aromatic N) is 1. The van der Waals surface area contributed by atoms with E-state index in [1.54, 1.807) is 19.2 Å². The molecule has 6 heteroatoms. The molecule has 0 bridgehead atoms. The smallest absolute Gasteiger partial charge is 0.258 e. The van der Waals surface area contributed by atoms with Gasteiger partial charge >= 0.3 is 0 Å². The van der Waals surface area contributed by atoms with E-state index in [1.165, 1.54) is 4.57 Å². The molecule has 0 amide bonds. The van der Waals surface area contributed by atoms with Crippen LogP contribution in [0.3, 0.4) is 0 Å². The zero-order valence-electron chi connectivity index (χ0n) is 13.0. The number of rotatable bonds is 5. The van der Waals surface area contributed by atoms with E-state index in [1.807, 2.05) is 6.92 Å². The molecule has 0 radical (unpaired) electrons.